The van der Waals surface area contributed by atoms with E-state index < -0.39 is 41.8 Å². The number of nitrogens with one attached hydrogen (secondary N) is 2. The van der Waals surface area contributed by atoms with Crippen LogP contribution in [0.2, 0.25) is 10.0 Å². The first-order valence-corrected chi connectivity index (χ1v) is 26.5. The van der Waals surface area contributed by atoms with Gasteiger partial charge in [-0.05, 0) is 130 Å². The van der Waals surface area contributed by atoms with E-state index in [-0.39, 0.29) is 75.3 Å². The molecule has 2 unspecified atom stereocenters. The Morgan fingerprint density at radius 2 is 1.00 bits per heavy atom. The van der Waals surface area contributed by atoms with E-state index >= 15 is 0 Å². The Bertz CT molecular complexity index is 2990. The van der Waals surface area contributed by atoms with E-state index in [0.29, 0.717) is 45.8 Å². The first-order valence-electron chi connectivity index (χ1n) is 24.8. The predicted molar refractivity (Wildman–Crippen MR) is 321 cm³/mol. The van der Waals surface area contributed by atoms with E-state index in [2.05, 4.69) is 26.6 Å². The summed E-state index contributed by atoms with van der Waals surface area (Å²) < 4.78 is 17.1. The van der Waals surface area contributed by atoms with Gasteiger partial charge < -0.3 is 51.2 Å². The van der Waals surface area contributed by atoms with Gasteiger partial charge in [-0.3, -0.25) is 28.8 Å². The SMILES string of the molecule is C.C.C.CC(C)Oc1ccc(C(=O)N[C@@H](Cc2ccc(O)cc2)C(N)=O)cc1Cl.CC(C)Oc1ccc(C(=O)N[C@@H](Cc2ccc(OC3CCN(c4ccccc4)C3=O)cc2)C(N)=O)cc1Cl.O=C1C(Br)CCN1c1ccccc1. The highest BCUT2D eigenvalue weighted by Crippen LogP contribution is 2.29. The monoisotopic (exact) mass is 1200 g/mol. The lowest BCUT2D eigenvalue weighted by Crippen LogP contribution is -2.45. The predicted octanol–water partition coefficient (Wildman–Crippen LogP) is 10.9. The highest BCUT2D eigenvalue weighted by atomic mass is 79.9. The number of aromatic hydroxyl groups is 1. The van der Waals surface area contributed by atoms with Gasteiger partial charge in [0.05, 0.1) is 27.1 Å². The normalized spacial score (nSPS) is 15.0. The summed E-state index contributed by atoms with van der Waals surface area (Å²) in [6.45, 7) is 8.90. The topological polar surface area (TPSA) is 233 Å². The molecule has 428 valence electrons. The fraction of sp³-hybridized carbons (Fsp3) is 0.311. The number of phenols is 1. The minimum Gasteiger partial charge on any atom is -0.508 e. The zero-order chi connectivity index (χ0) is 55.8. The van der Waals surface area contributed by atoms with Crippen LogP contribution in [0, 0.1) is 0 Å². The summed E-state index contributed by atoms with van der Waals surface area (Å²) in [5, 5.41) is 15.2. The lowest BCUT2D eigenvalue weighted by molar-refractivity contribution is -0.123. The number of primary amides is 2. The molecule has 2 saturated heterocycles. The third kappa shape index (κ3) is 19.3. The van der Waals surface area contributed by atoms with Crippen molar-refractivity contribution in [1.29, 1.82) is 0 Å². The number of carbonyl (C=O) groups is 6. The average Bonchev–Trinajstić information content (AvgIpc) is 3.94. The van der Waals surface area contributed by atoms with Gasteiger partial charge in [0.25, 0.3) is 17.7 Å². The van der Waals surface area contributed by atoms with Gasteiger partial charge >= 0.3 is 0 Å². The summed E-state index contributed by atoms with van der Waals surface area (Å²) in [5.74, 6) is -0.564. The van der Waals surface area contributed by atoms with Crippen LogP contribution in [-0.4, -0.2) is 88.9 Å². The van der Waals surface area contributed by atoms with Gasteiger partial charge in [-0.2, -0.15) is 0 Å². The van der Waals surface area contributed by atoms with E-state index in [1.165, 1.54) is 24.3 Å². The zero-order valence-corrected chi connectivity index (χ0v) is 46.0. The molecule has 4 atom stereocenters. The number of rotatable bonds is 18. The molecule has 0 aliphatic carbocycles. The van der Waals surface area contributed by atoms with Crippen molar-refractivity contribution >= 4 is 85.9 Å². The number of anilines is 2. The Morgan fingerprint density at radius 1 is 0.600 bits per heavy atom. The molecule has 6 amide bonds. The number of hydrogen-bond donors (Lipinski definition) is 5. The van der Waals surface area contributed by atoms with Crippen molar-refractivity contribution in [2.45, 2.75) is 111 Å². The fourth-order valence-corrected chi connectivity index (χ4v) is 8.92. The number of nitrogens with two attached hydrogens (primary N) is 2. The third-order valence-electron chi connectivity index (χ3n) is 11.9. The lowest BCUT2D eigenvalue weighted by Gasteiger charge is -2.18. The average molecular weight is 1200 g/mol. The summed E-state index contributed by atoms with van der Waals surface area (Å²) in [6, 6.07) is 40.1. The van der Waals surface area contributed by atoms with Crippen molar-refractivity contribution < 1.29 is 48.1 Å². The highest BCUT2D eigenvalue weighted by molar-refractivity contribution is 9.10. The fourth-order valence-electron chi connectivity index (χ4n) is 8.02. The Kier molecular flexibility index (Phi) is 26.5. The van der Waals surface area contributed by atoms with Crippen LogP contribution in [0.4, 0.5) is 11.4 Å². The Hall–Kier alpha value is -7.60. The maximum Gasteiger partial charge on any atom is 0.268 e. The smallest absolute Gasteiger partial charge is 0.268 e. The molecule has 19 heteroatoms. The van der Waals surface area contributed by atoms with Crippen LogP contribution in [0.1, 0.15) is 94.7 Å². The number of phenolic OH excluding ortho intramolecular Hbond substituents is 1. The molecule has 2 aliphatic rings. The molecule has 0 aromatic heterocycles. The quantitative estimate of drug-likeness (QED) is 0.0511. The van der Waals surface area contributed by atoms with Crippen LogP contribution in [0.5, 0.6) is 23.0 Å². The second kappa shape index (κ2) is 31.9. The number of halogens is 3. The second-order valence-corrected chi connectivity index (χ2v) is 20.4. The Morgan fingerprint density at radius 3 is 1.38 bits per heavy atom. The number of carbonyl (C=O) groups excluding carboxylic acids is 6. The van der Waals surface area contributed by atoms with Crippen LogP contribution in [0.15, 0.2) is 146 Å². The van der Waals surface area contributed by atoms with Crippen LogP contribution in [-0.2, 0) is 32.0 Å². The molecule has 2 heterocycles. The third-order valence-corrected chi connectivity index (χ3v) is 13.3. The van der Waals surface area contributed by atoms with Crippen molar-refractivity contribution in [1.82, 2.24) is 10.6 Å². The van der Waals surface area contributed by atoms with Gasteiger partial charge in [-0.1, -0.05) is 122 Å². The van der Waals surface area contributed by atoms with E-state index in [4.69, 9.17) is 48.9 Å². The largest absolute Gasteiger partial charge is 0.508 e. The summed E-state index contributed by atoms with van der Waals surface area (Å²) in [7, 11) is 0. The minimum absolute atomic E-state index is 0. The van der Waals surface area contributed by atoms with Gasteiger partial charge in [0.2, 0.25) is 17.7 Å². The second-order valence-electron chi connectivity index (χ2n) is 18.5. The van der Waals surface area contributed by atoms with Crippen LogP contribution in [0.3, 0.4) is 0 Å². The van der Waals surface area contributed by atoms with Crippen molar-refractivity contribution in [3.05, 3.63) is 178 Å². The standard InChI is InChI=1S/C29H30ClN3O5.C19H21ClN2O4.C10H10BrNO.3CH4/c1-18(2)37-25-13-10-20(17-23(25)30)28(35)32-24(27(31)34)16-19-8-11-22(12-9-19)38-26-14-15-33(29(26)36)21-6-4-3-5-7-21;1-11(2)26-17-8-5-13(10-15(17)20)19(25)22-16(18(21)24)9-12-3-6-14(23)7-4-12;11-9-6-7-12(10(9)13)8-4-2-1-3-5-8;;;/h3-13,17-18,24,26H,14-16H2,1-2H3,(H2,31,34)(H,32,35);3-8,10-11,16,23H,9H2,1-2H3,(H2,21,24)(H,22,25);1-5,9H,6-7H2;3*1H4/t24-,26?;16-;;;;/m00..../s1. The molecular formula is C61H73BrCl2N6O10. The van der Waals surface area contributed by atoms with Gasteiger partial charge in [0.15, 0.2) is 6.10 Å². The molecule has 7 N–H and O–H groups in total. The number of alkyl halides is 1. The molecule has 80 heavy (non-hydrogen) atoms. The maximum atomic E-state index is 12.8. The molecule has 6 aromatic carbocycles. The van der Waals surface area contributed by atoms with E-state index in [9.17, 15) is 33.9 Å². The number of ether oxygens (including phenoxy) is 3. The lowest BCUT2D eigenvalue weighted by atomic mass is 10.0. The minimum atomic E-state index is -0.935. The molecule has 2 aliphatic heterocycles. The summed E-state index contributed by atoms with van der Waals surface area (Å²) in [6.07, 6.45) is 1.20. The Balaban J connectivity index is 0.000000345. The number of para-hydroxylation sites is 2. The van der Waals surface area contributed by atoms with Crippen molar-refractivity contribution in [3.8, 4) is 23.0 Å². The first-order chi connectivity index (χ1) is 36.8. The molecule has 16 nitrogen and oxygen atoms in total. The van der Waals surface area contributed by atoms with Crippen LogP contribution >= 0.6 is 39.1 Å². The van der Waals surface area contributed by atoms with E-state index in [1.54, 1.807) is 65.6 Å². The molecular weight excluding hydrogens is 1130 g/mol. The number of benzene rings is 6. The molecule has 0 radical (unpaired) electrons. The summed E-state index contributed by atoms with van der Waals surface area (Å²) >= 11 is 15.7. The van der Waals surface area contributed by atoms with Crippen molar-refractivity contribution in [2.24, 2.45) is 11.5 Å². The summed E-state index contributed by atoms with van der Waals surface area (Å²) in [5.41, 5.74) is 14.9. The van der Waals surface area contributed by atoms with Gasteiger partial charge in [0, 0.05) is 54.9 Å². The van der Waals surface area contributed by atoms with Gasteiger partial charge in [-0.25, -0.2) is 0 Å². The maximum absolute atomic E-state index is 12.8. The first kappa shape index (κ1) is 66.7. The van der Waals surface area contributed by atoms with Gasteiger partial charge in [-0.15, -0.1) is 0 Å². The molecule has 0 bridgehead atoms. The van der Waals surface area contributed by atoms with Gasteiger partial charge in [0.1, 0.15) is 35.1 Å². The van der Waals surface area contributed by atoms with Crippen molar-refractivity contribution in [2.75, 3.05) is 22.9 Å². The van der Waals surface area contributed by atoms with E-state index in [1.807, 2.05) is 93.3 Å². The molecule has 8 rings (SSSR count). The van der Waals surface area contributed by atoms with Crippen LogP contribution in [0.25, 0.3) is 0 Å². The number of amides is 6. The van der Waals surface area contributed by atoms with E-state index in [0.717, 1.165) is 35.5 Å². The molecule has 6 aromatic rings. The number of hydrogen-bond acceptors (Lipinski definition) is 10. The highest BCUT2D eigenvalue weighted by Gasteiger charge is 2.34. The molecule has 0 saturated carbocycles. The van der Waals surface area contributed by atoms with Crippen molar-refractivity contribution in [3.63, 3.8) is 0 Å². The zero-order valence-electron chi connectivity index (χ0n) is 42.9. The summed E-state index contributed by atoms with van der Waals surface area (Å²) in [4.78, 5) is 76.9. The van der Waals surface area contributed by atoms with Crippen LogP contribution < -0.4 is 46.1 Å². The number of nitrogens with zero attached hydrogens (tertiary/aromatic N) is 2. The molecule has 0 spiro atoms. The Labute approximate surface area is 488 Å². The molecule has 2 fully saturated rings.